The van der Waals surface area contributed by atoms with Crippen molar-refractivity contribution in [3.63, 3.8) is 0 Å². The van der Waals surface area contributed by atoms with Crippen molar-refractivity contribution in [2.75, 3.05) is 10.3 Å². The first-order valence-corrected chi connectivity index (χ1v) is 11.0. The molecule has 8 heteroatoms. The number of hydrazone groups is 1. The average Bonchev–Trinajstić information content (AvgIpc) is 3.14. The predicted octanol–water partition coefficient (Wildman–Crippen LogP) is 5.70. The lowest BCUT2D eigenvalue weighted by atomic mass is 10.0. The minimum atomic E-state index is -1.08. The van der Waals surface area contributed by atoms with Crippen LogP contribution in [-0.4, -0.2) is 27.8 Å². The van der Waals surface area contributed by atoms with E-state index in [-0.39, 0.29) is 28.4 Å². The normalized spacial score (nSPS) is 13.7. The van der Waals surface area contributed by atoms with E-state index in [2.05, 4.69) is 10.5 Å². The second-order valence-corrected chi connectivity index (χ2v) is 8.27. The number of anilines is 3. The van der Waals surface area contributed by atoms with Crippen molar-refractivity contribution < 1.29 is 24.2 Å². The van der Waals surface area contributed by atoms with Gasteiger partial charge in [0.2, 0.25) is 0 Å². The zero-order valence-corrected chi connectivity index (χ0v) is 19.1. The maximum atomic E-state index is 14.8. The summed E-state index contributed by atoms with van der Waals surface area (Å²) in [5.41, 5.74) is 5.87. The standard InChI is InChI=1S/C28H20FN3O4/c1-16-12-13-24(21(29)14-16)32-23-11-3-2-8-20(23)25(27(32)34)31-30-22-10-5-9-19(26(22)33)17-6-4-7-18(15-17)28(35)36/h2-15,30,33H,1H3,(H,35,36). The first kappa shape index (κ1) is 22.8. The maximum Gasteiger partial charge on any atom is 0.335 e. The Morgan fingerprint density at radius 2 is 1.67 bits per heavy atom. The number of phenols is 1. The summed E-state index contributed by atoms with van der Waals surface area (Å²) in [5, 5.41) is 24.4. The van der Waals surface area contributed by atoms with Crippen molar-refractivity contribution in [2.45, 2.75) is 6.92 Å². The minimum absolute atomic E-state index is 0.0586. The summed E-state index contributed by atoms with van der Waals surface area (Å²) in [5.74, 6) is -2.29. The molecule has 0 aromatic heterocycles. The Labute approximate surface area is 205 Å². The smallest absolute Gasteiger partial charge is 0.335 e. The molecule has 1 heterocycles. The van der Waals surface area contributed by atoms with Crippen molar-refractivity contribution in [2.24, 2.45) is 5.10 Å². The van der Waals surface area contributed by atoms with Gasteiger partial charge in [0.15, 0.2) is 5.71 Å². The summed E-state index contributed by atoms with van der Waals surface area (Å²) in [4.78, 5) is 26.0. The quantitative estimate of drug-likeness (QED) is 0.251. The molecule has 0 aliphatic carbocycles. The molecule has 5 rings (SSSR count). The lowest BCUT2D eigenvalue weighted by Crippen LogP contribution is -2.26. The molecule has 1 amide bonds. The molecule has 4 aromatic rings. The molecule has 7 nitrogen and oxygen atoms in total. The number of carbonyl (C=O) groups excluding carboxylic acids is 1. The molecule has 1 aliphatic heterocycles. The summed E-state index contributed by atoms with van der Waals surface area (Å²) in [6.07, 6.45) is 0. The SMILES string of the molecule is Cc1ccc(N2C(=O)C(=NNc3cccc(-c4cccc(C(=O)O)c4)c3O)c3ccccc32)c(F)c1. The fourth-order valence-corrected chi connectivity index (χ4v) is 4.14. The van der Waals surface area contributed by atoms with Crippen LogP contribution >= 0.6 is 0 Å². The molecule has 0 atom stereocenters. The number of aromatic carboxylic acids is 1. The second-order valence-electron chi connectivity index (χ2n) is 8.27. The van der Waals surface area contributed by atoms with Crippen molar-refractivity contribution in [1.82, 2.24) is 0 Å². The Bertz CT molecular complexity index is 1560. The summed E-state index contributed by atoms with van der Waals surface area (Å²) in [6, 6.07) is 22.7. The highest BCUT2D eigenvalue weighted by Crippen LogP contribution is 2.38. The van der Waals surface area contributed by atoms with E-state index in [1.165, 1.54) is 23.1 Å². The number of hydrogen-bond donors (Lipinski definition) is 3. The van der Waals surface area contributed by atoms with Gasteiger partial charge in [-0.15, -0.1) is 0 Å². The molecule has 0 saturated carbocycles. The van der Waals surface area contributed by atoms with Crippen LogP contribution in [0.4, 0.5) is 21.5 Å². The number of nitrogens with zero attached hydrogens (tertiary/aromatic N) is 2. The number of halogens is 1. The van der Waals surface area contributed by atoms with Gasteiger partial charge in [-0.3, -0.25) is 15.1 Å². The number of aromatic hydroxyl groups is 1. The Kier molecular flexibility index (Phi) is 5.69. The van der Waals surface area contributed by atoms with E-state index in [4.69, 9.17) is 0 Å². The van der Waals surface area contributed by atoms with Crippen molar-refractivity contribution >= 4 is 34.7 Å². The number of carboxylic acids is 1. The van der Waals surface area contributed by atoms with Crippen LogP contribution in [0.3, 0.4) is 0 Å². The van der Waals surface area contributed by atoms with Crippen molar-refractivity contribution in [3.05, 3.63) is 107 Å². The molecule has 178 valence electrons. The molecule has 0 unspecified atom stereocenters. The monoisotopic (exact) mass is 481 g/mol. The zero-order valence-electron chi connectivity index (χ0n) is 19.1. The van der Waals surface area contributed by atoms with E-state index in [1.54, 1.807) is 73.7 Å². The summed E-state index contributed by atoms with van der Waals surface area (Å²) < 4.78 is 14.8. The number of phenolic OH excluding ortho intramolecular Hbond substituents is 1. The van der Waals surface area contributed by atoms with Gasteiger partial charge in [-0.25, -0.2) is 9.18 Å². The third-order valence-corrected chi connectivity index (χ3v) is 5.89. The van der Waals surface area contributed by atoms with Gasteiger partial charge < -0.3 is 10.2 Å². The van der Waals surface area contributed by atoms with Crippen LogP contribution in [0, 0.1) is 12.7 Å². The number of amides is 1. The zero-order chi connectivity index (χ0) is 25.4. The van der Waals surface area contributed by atoms with Gasteiger partial charge in [-0.2, -0.15) is 5.10 Å². The molecule has 36 heavy (non-hydrogen) atoms. The number of hydrogen-bond acceptors (Lipinski definition) is 5. The average molecular weight is 481 g/mol. The predicted molar refractivity (Wildman–Crippen MR) is 135 cm³/mol. The number of benzene rings is 4. The Balaban J connectivity index is 1.52. The van der Waals surface area contributed by atoms with Gasteiger partial charge in [0, 0.05) is 11.1 Å². The van der Waals surface area contributed by atoms with Crippen LogP contribution < -0.4 is 10.3 Å². The van der Waals surface area contributed by atoms with Crippen molar-refractivity contribution in [1.29, 1.82) is 0 Å². The Morgan fingerprint density at radius 3 is 2.44 bits per heavy atom. The van der Waals surface area contributed by atoms with Gasteiger partial charge in [-0.1, -0.05) is 48.5 Å². The fraction of sp³-hybridized carbons (Fsp3) is 0.0357. The highest BCUT2D eigenvalue weighted by atomic mass is 19.1. The van der Waals surface area contributed by atoms with E-state index < -0.39 is 17.7 Å². The van der Waals surface area contributed by atoms with E-state index >= 15 is 0 Å². The third kappa shape index (κ3) is 3.94. The summed E-state index contributed by atoms with van der Waals surface area (Å²) >= 11 is 0. The van der Waals surface area contributed by atoms with Crippen LogP contribution in [0.2, 0.25) is 0 Å². The van der Waals surface area contributed by atoms with Crippen LogP contribution in [0.15, 0.2) is 90.0 Å². The second kappa shape index (κ2) is 8.99. The van der Waals surface area contributed by atoms with Gasteiger partial charge >= 0.3 is 5.97 Å². The lowest BCUT2D eigenvalue weighted by molar-refractivity contribution is -0.111. The number of aryl methyl sites for hydroxylation is 1. The number of rotatable bonds is 5. The van der Waals surface area contributed by atoms with Crippen LogP contribution in [-0.2, 0) is 4.79 Å². The first-order valence-electron chi connectivity index (χ1n) is 11.0. The topological polar surface area (TPSA) is 102 Å². The molecule has 4 aromatic carbocycles. The Morgan fingerprint density at radius 1 is 0.917 bits per heavy atom. The maximum absolute atomic E-state index is 14.8. The van der Waals surface area contributed by atoms with Gasteiger partial charge in [0.05, 0.1) is 22.6 Å². The fourth-order valence-electron chi connectivity index (χ4n) is 4.14. The number of para-hydroxylation sites is 2. The van der Waals surface area contributed by atoms with E-state index in [9.17, 15) is 24.2 Å². The molecule has 0 saturated heterocycles. The number of fused-ring (bicyclic) bond motifs is 1. The number of carboxylic acid groups (broad SMARTS) is 1. The number of nitrogens with one attached hydrogen (secondary N) is 1. The summed E-state index contributed by atoms with van der Waals surface area (Å²) in [6.45, 7) is 1.77. The molecule has 0 radical (unpaired) electrons. The third-order valence-electron chi connectivity index (χ3n) is 5.89. The molecule has 0 spiro atoms. The molecule has 1 aliphatic rings. The molecule has 3 N–H and O–H groups in total. The van der Waals surface area contributed by atoms with E-state index in [0.717, 1.165) is 5.56 Å². The van der Waals surface area contributed by atoms with Crippen LogP contribution in [0.5, 0.6) is 5.75 Å². The molecule has 0 bridgehead atoms. The van der Waals surface area contributed by atoms with Gasteiger partial charge in [0.25, 0.3) is 5.91 Å². The Hall–Kier alpha value is -4.98. The number of carbonyl (C=O) groups is 2. The lowest BCUT2D eigenvalue weighted by Gasteiger charge is -2.18. The van der Waals surface area contributed by atoms with E-state index in [1.807, 2.05) is 0 Å². The molecule has 0 fully saturated rings. The van der Waals surface area contributed by atoms with Gasteiger partial charge in [-0.05, 0) is 54.4 Å². The van der Waals surface area contributed by atoms with Crippen molar-refractivity contribution in [3.8, 4) is 16.9 Å². The van der Waals surface area contributed by atoms with Gasteiger partial charge in [0.1, 0.15) is 11.6 Å². The summed E-state index contributed by atoms with van der Waals surface area (Å²) in [7, 11) is 0. The molecular formula is C28H20FN3O4. The largest absolute Gasteiger partial charge is 0.505 e. The van der Waals surface area contributed by atoms with Crippen LogP contribution in [0.1, 0.15) is 21.5 Å². The highest BCUT2D eigenvalue weighted by Gasteiger charge is 2.36. The minimum Gasteiger partial charge on any atom is -0.505 e. The first-order chi connectivity index (χ1) is 17.3. The van der Waals surface area contributed by atoms with E-state index in [0.29, 0.717) is 22.4 Å². The van der Waals surface area contributed by atoms with Crippen LogP contribution in [0.25, 0.3) is 11.1 Å². The molecular weight excluding hydrogens is 461 g/mol. The highest BCUT2D eigenvalue weighted by molar-refractivity contribution is 6.55.